The first-order chi connectivity index (χ1) is 17.1. The smallest absolute Gasteiger partial charge is 0.189 e. The Kier molecular flexibility index (Phi) is 21.0. The molecular weight excluding hydrogens is 514 g/mol. The Bertz CT molecular complexity index is 633. The molecule has 39 heavy (non-hydrogen) atoms. The predicted octanol–water partition coefficient (Wildman–Crippen LogP) is 0.368. The first-order valence-electron chi connectivity index (χ1n) is 12.9. The second kappa shape index (κ2) is 19.3. The summed E-state index contributed by atoms with van der Waals surface area (Å²) in [5.74, 6) is 0. The highest BCUT2D eigenvalue weighted by Gasteiger charge is 2.45. The standard InChI is InChI=1S/C9H18O6.C7H15N.C7H14O5.C3H8.CH4/c1-9(2,3)15-8-6(12)4(10)5(11)7(13)14-8;1-6(2)8-7(3,4)5;1-3-5(9)7(11)6(10)4(2-8)12-3;1-3-2;/h4-8,10-13H,1-3H3;8H,1H2,2-5H3;3-11H,2H2,1H3;3H2,1-2H3;1H4/t4-,5-,6+,7-,8-;;3-,4+,5-,6+,7?;;/m0.0../s1. The Balaban J connectivity index is -0.000000486. The zero-order valence-corrected chi connectivity index (χ0v) is 24.7. The van der Waals surface area contributed by atoms with Crippen molar-refractivity contribution in [1.82, 2.24) is 5.32 Å². The van der Waals surface area contributed by atoms with E-state index in [0.717, 1.165) is 5.70 Å². The van der Waals surface area contributed by atoms with Gasteiger partial charge in [-0.2, -0.15) is 0 Å². The van der Waals surface area contributed by atoms with Gasteiger partial charge in [-0.1, -0.05) is 34.3 Å². The minimum Gasteiger partial charge on any atom is -0.394 e. The van der Waals surface area contributed by atoms with E-state index in [1.54, 1.807) is 27.7 Å². The summed E-state index contributed by atoms with van der Waals surface area (Å²) >= 11 is 0. The van der Waals surface area contributed by atoms with Crippen molar-refractivity contribution in [2.75, 3.05) is 6.61 Å². The van der Waals surface area contributed by atoms with Crippen LogP contribution in [0.4, 0.5) is 0 Å². The van der Waals surface area contributed by atoms with Crippen molar-refractivity contribution in [1.29, 1.82) is 0 Å². The Morgan fingerprint density at radius 1 is 0.795 bits per heavy atom. The lowest BCUT2D eigenvalue weighted by molar-refractivity contribution is -0.355. The van der Waals surface area contributed by atoms with Gasteiger partial charge in [-0.15, -0.1) is 0 Å². The van der Waals surface area contributed by atoms with E-state index in [9.17, 15) is 35.7 Å². The van der Waals surface area contributed by atoms with Crippen LogP contribution in [0.15, 0.2) is 12.3 Å². The summed E-state index contributed by atoms with van der Waals surface area (Å²) in [6.07, 6.45) is -10.8. The molecule has 12 heteroatoms. The van der Waals surface area contributed by atoms with Gasteiger partial charge in [0.05, 0.1) is 18.3 Å². The fourth-order valence-corrected chi connectivity index (χ4v) is 3.20. The van der Waals surface area contributed by atoms with Crippen molar-refractivity contribution in [3.63, 3.8) is 0 Å². The molecule has 0 spiro atoms. The van der Waals surface area contributed by atoms with E-state index < -0.39 is 67.0 Å². The van der Waals surface area contributed by atoms with Crippen LogP contribution >= 0.6 is 0 Å². The molecule has 0 bridgehead atoms. The molecule has 0 aromatic rings. The zero-order chi connectivity index (χ0) is 30.6. The van der Waals surface area contributed by atoms with E-state index in [1.807, 2.05) is 6.92 Å². The highest BCUT2D eigenvalue weighted by atomic mass is 16.8. The van der Waals surface area contributed by atoms with Crippen LogP contribution in [0.3, 0.4) is 0 Å². The van der Waals surface area contributed by atoms with E-state index in [-0.39, 0.29) is 19.6 Å². The fraction of sp³-hybridized carbons (Fsp3) is 0.926. The largest absolute Gasteiger partial charge is 0.394 e. The van der Waals surface area contributed by atoms with E-state index in [4.69, 9.17) is 19.3 Å². The summed E-state index contributed by atoms with van der Waals surface area (Å²) in [5.41, 5.74) is 0.608. The summed E-state index contributed by atoms with van der Waals surface area (Å²) in [6.45, 7) is 22.7. The summed E-state index contributed by atoms with van der Waals surface area (Å²) < 4.78 is 15.1. The molecule has 9 N–H and O–H groups in total. The topological polar surface area (TPSA) is 202 Å². The first kappa shape index (κ1) is 42.6. The van der Waals surface area contributed by atoms with Crippen molar-refractivity contribution >= 4 is 0 Å². The van der Waals surface area contributed by atoms with Gasteiger partial charge in [0.25, 0.3) is 0 Å². The molecule has 2 aliphatic heterocycles. The number of ether oxygens (including phenoxy) is 3. The normalized spacial score (nSPS) is 34.4. The van der Waals surface area contributed by atoms with Gasteiger partial charge >= 0.3 is 0 Å². The third kappa shape index (κ3) is 17.5. The van der Waals surface area contributed by atoms with Crippen LogP contribution in [0.25, 0.3) is 0 Å². The van der Waals surface area contributed by atoms with Crippen LogP contribution in [0.5, 0.6) is 0 Å². The van der Waals surface area contributed by atoms with E-state index >= 15 is 0 Å². The molecule has 12 nitrogen and oxygen atoms in total. The Labute approximate surface area is 235 Å². The monoisotopic (exact) mass is 573 g/mol. The third-order valence-corrected chi connectivity index (χ3v) is 4.73. The molecule has 0 aromatic carbocycles. The summed E-state index contributed by atoms with van der Waals surface area (Å²) in [4.78, 5) is 0. The molecule has 10 atom stereocenters. The van der Waals surface area contributed by atoms with Crippen molar-refractivity contribution < 1.29 is 55.1 Å². The zero-order valence-electron chi connectivity index (χ0n) is 24.7. The molecule has 0 aliphatic carbocycles. The van der Waals surface area contributed by atoms with Crippen LogP contribution in [0.1, 0.15) is 83.1 Å². The SMILES string of the molecule is C.C=C(C)NC(C)(C)C.CC(C)(C)O[C@@H]1O[C@H](O)[C@@H](O)[C@H](O)[C@H]1O.CCC.C[C@@H]1O[C@H](CO)[C@@H](O)C(O)[C@H]1O. The number of hydrogen-bond acceptors (Lipinski definition) is 12. The van der Waals surface area contributed by atoms with Gasteiger partial charge < -0.3 is 60.4 Å². The molecule has 238 valence electrons. The van der Waals surface area contributed by atoms with Gasteiger partial charge in [0.2, 0.25) is 0 Å². The molecule has 2 saturated heterocycles. The van der Waals surface area contributed by atoms with Crippen LogP contribution in [-0.4, -0.2) is 120 Å². The average molecular weight is 574 g/mol. The number of rotatable bonds is 3. The van der Waals surface area contributed by atoms with E-state index in [1.165, 1.54) is 6.42 Å². The van der Waals surface area contributed by atoms with Gasteiger partial charge in [-0.25, -0.2) is 0 Å². The fourth-order valence-electron chi connectivity index (χ4n) is 3.20. The molecule has 0 saturated carbocycles. The lowest BCUT2D eigenvalue weighted by atomic mass is 9.96. The highest BCUT2D eigenvalue weighted by Crippen LogP contribution is 2.24. The Hall–Kier alpha value is -0.900. The van der Waals surface area contributed by atoms with Gasteiger partial charge in [-0.05, 0) is 55.4 Å². The third-order valence-electron chi connectivity index (χ3n) is 4.73. The van der Waals surface area contributed by atoms with E-state index in [2.05, 4.69) is 46.5 Å². The number of aliphatic hydroxyl groups excluding tert-OH is 8. The molecule has 2 heterocycles. The van der Waals surface area contributed by atoms with Crippen molar-refractivity contribution in [3.05, 3.63) is 12.3 Å². The highest BCUT2D eigenvalue weighted by molar-refractivity contribution is 4.91. The van der Waals surface area contributed by atoms with Crippen LogP contribution in [-0.2, 0) is 14.2 Å². The maximum absolute atomic E-state index is 9.52. The second-order valence-corrected chi connectivity index (χ2v) is 11.5. The van der Waals surface area contributed by atoms with E-state index in [0.29, 0.717) is 0 Å². The Morgan fingerprint density at radius 2 is 1.23 bits per heavy atom. The number of aliphatic hydroxyl groups is 8. The lowest BCUT2D eigenvalue weighted by Gasteiger charge is -2.40. The Morgan fingerprint density at radius 3 is 1.56 bits per heavy atom. The molecule has 0 radical (unpaired) electrons. The minimum absolute atomic E-state index is 0. The number of allylic oxidation sites excluding steroid dienone is 1. The maximum atomic E-state index is 9.52. The molecule has 2 aliphatic rings. The van der Waals surface area contributed by atoms with Gasteiger partial charge in [0.1, 0.15) is 42.7 Å². The first-order valence-corrected chi connectivity index (χ1v) is 12.9. The van der Waals surface area contributed by atoms with Gasteiger partial charge in [-0.3, -0.25) is 0 Å². The molecule has 2 fully saturated rings. The minimum atomic E-state index is -1.56. The molecule has 0 aromatic heterocycles. The summed E-state index contributed by atoms with van der Waals surface area (Å²) in [5, 5.41) is 76.8. The number of nitrogens with one attached hydrogen (secondary N) is 1. The summed E-state index contributed by atoms with van der Waals surface area (Å²) in [7, 11) is 0. The van der Waals surface area contributed by atoms with Crippen molar-refractivity contribution in [3.8, 4) is 0 Å². The quantitative estimate of drug-likeness (QED) is 0.225. The molecule has 2 rings (SSSR count). The van der Waals surface area contributed by atoms with Crippen LogP contribution in [0, 0.1) is 0 Å². The van der Waals surface area contributed by atoms with Crippen LogP contribution < -0.4 is 5.32 Å². The van der Waals surface area contributed by atoms with Crippen molar-refractivity contribution in [2.24, 2.45) is 0 Å². The second-order valence-electron chi connectivity index (χ2n) is 11.5. The van der Waals surface area contributed by atoms with Crippen molar-refractivity contribution in [2.45, 2.75) is 156 Å². The maximum Gasteiger partial charge on any atom is 0.189 e. The van der Waals surface area contributed by atoms with Gasteiger partial charge in [0.15, 0.2) is 12.6 Å². The van der Waals surface area contributed by atoms with Gasteiger partial charge in [0, 0.05) is 11.2 Å². The lowest BCUT2D eigenvalue weighted by Crippen LogP contribution is -2.59. The summed E-state index contributed by atoms with van der Waals surface area (Å²) in [6, 6.07) is 0. The molecular formula is C27H59NO11. The molecule has 0 amide bonds. The average Bonchev–Trinajstić information content (AvgIpc) is 2.76. The predicted molar refractivity (Wildman–Crippen MR) is 150 cm³/mol. The number of hydrogen-bond donors (Lipinski definition) is 9. The molecule has 1 unspecified atom stereocenters. The van der Waals surface area contributed by atoms with Crippen LogP contribution in [0.2, 0.25) is 0 Å².